The zero-order valence-corrected chi connectivity index (χ0v) is 16.5. The van der Waals surface area contributed by atoms with Gasteiger partial charge in [-0.25, -0.2) is 13.2 Å². The SMILES string of the molecule is Cc1c(C)c2cc(Cl)c3c(c2oc1=O)CN([C@]1(C)CCS(=O)(=O)C1)CO3. The van der Waals surface area contributed by atoms with E-state index in [1.165, 1.54) is 0 Å². The number of nitrogens with zero attached hydrogens (tertiary/aromatic N) is 1. The molecular formula is C18H20ClNO5S. The molecule has 0 radical (unpaired) electrons. The molecule has 6 nitrogen and oxygen atoms in total. The van der Waals surface area contributed by atoms with Crippen molar-refractivity contribution >= 4 is 32.4 Å². The molecule has 1 saturated heterocycles. The summed E-state index contributed by atoms with van der Waals surface area (Å²) in [5, 5.41) is 1.24. The Hall–Kier alpha value is -1.57. The highest BCUT2D eigenvalue weighted by Crippen LogP contribution is 2.42. The van der Waals surface area contributed by atoms with Crippen LogP contribution in [0, 0.1) is 13.8 Å². The molecule has 2 aromatic rings. The van der Waals surface area contributed by atoms with Gasteiger partial charge in [-0.3, -0.25) is 4.90 Å². The summed E-state index contributed by atoms with van der Waals surface area (Å²) in [5.74, 6) is 0.779. The molecule has 140 valence electrons. The fraction of sp³-hybridized carbons (Fsp3) is 0.500. The van der Waals surface area contributed by atoms with Gasteiger partial charge in [0.15, 0.2) is 9.84 Å². The first-order valence-electron chi connectivity index (χ1n) is 8.45. The van der Waals surface area contributed by atoms with Gasteiger partial charge in [0.05, 0.1) is 22.1 Å². The number of aryl methyl sites for hydroxylation is 1. The third kappa shape index (κ3) is 2.64. The Bertz CT molecular complexity index is 1090. The number of hydrogen-bond donors (Lipinski definition) is 0. The number of hydrogen-bond acceptors (Lipinski definition) is 6. The molecule has 0 unspecified atom stereocenters. The summed E-state index contributed by atoms with van der Waals surface area (Å²) in [5.41, 5.74) is 1.65. The third-order valence-electron chi connectivity index (χ3n) is 5.71. The average molecular weight is 398 g/mol. The Kier molecular flexibility index (Phi) is 3.92. The lowest BCUT2D eigenvalue weighted by Crippen LogP contribution is -2.50. The highest BCUT2D eigenvalue weighted by Gasteiger charge is 2.44. The molecule has 1 aromatic heterocycles. The minimum absolute atomic E-state index is 0.0965. The summed E-state index contributed by atoms with van der Waals surface area (Å²) in [6.07, 6.45) is 0.550. The number of sulfone groups is 1. The molecule has 0 saturated carbocycles. The zero-order chi connectivity index (χ0) is 18.9. The summed E-state index contributed by atoms with van der Waals surface area (Å²) >= 11 is 6.41. The van der Waals surface area contributed by atoms with Crippen LogP contribution in [0.4, 0.5) is 0 Å². The number of fused-ring (bicyclic) bond motifs is 3. The molecular weight excluding hydrogens is 378 g/mol. The third-order valence-corrected chi connectivity index (χ3v) is 7.88. The lowest BCUT2D eigenvalue weighted by Gasteiger charge is -2.40. The molecule has 8 heteroatoms. The first kappa shape index (κ1) is 17.8. The van der Waals surface area contributed by atoms with Gasteiger partial charge in [-0.05, 0) is 38.8 Å². The van der Waals surface area contributed by atoms with Crippen LogP contribution >= 0.6 is 11.6 Å². The van der Waals surface area contributed by atoms with E-state index in [-0.39, 0.29) is 23.9 Å². The molecule has 2 aliphatic rings. The number of ether oxygens (including phenoxy) is 1. The van der Waals surface area contributed by atoms with E-state index < -0.39 is 15.4 Å². The minimum atomic E-state index is -3.05. The molecule has 2 aliphatic heterocycles. The molecule has 1 atom stereocenters. The van der Waals surface area contributed by atoms with E-state index in [2.05, 4.69) is 0 Å². The van der Waals surface area contributed by atoms with E-state index in [0.717, 1.165) is 10.9 Å². The summed E-state index contributed by atoms with van der Waals surface area (Å²) < 4.78 is 35.4. The monoisotopic (exact) mass is 397 g/mol. The number of benzene rings is 1. The van der Waals surface area contributed by atoms with Crippen LogP contribution in [-0.2, 0) is 16.4 Å². The molecule has 1 fully saturated rings. The van der Waals surface area contributed by atoms with Crippen molar-refractivity contribution in [3.05, 3.63) is 38.2 Å². The van der Waals surface area contributed by atoms with Gasteiger partial charge < -0.3 is 9.15 Å². The highest BCUT2D eigenvalue weighted by molar-refractivity contribution is 7.91. The quantitative estimate of drug-likeness (QED) is 0.688. The second-order valence-electron chi connectivity index (χ2n) is 7.49. The summed E-state index contributed by atoms with van der Waals surface area (Å²) in [7, 11) is -3.05. The maximum absolute atomic E-state index is 12.2. The lowest BCUT2D eigenvalue weighted by molar-refractivity contribution is 0.0164. The first-order valence-corrected chi connectivity index (χ1v) is 10.6. The summed E-state index contributed by atoms with van der Waals surface area (Å²) in [6.45, 7) is 6.19. The van der Waals surface area contributed by atoms with Gasteiger partial charge in [-0.1, -0.05) is 11.6 Å². The van der Waals surface area contributed by atoms with Gasteiger partial charge in [0.2, 0.25) is 0 Å². The number of halogens is 1. The predicted octanol–water partition coefficient (Wildman–Crippen LogP) is 2.79. The van der Waals surface area contributed by atoms with Crippen molar-refractivity contribution in [2.24, 2.45) is 0 Å². The molecule has 0 aliphatic carbocycles. The van der Waals surface area contributed by atoms with Gasteiger partial charge in [-0.15, -0.1) is 0 Å². The second kappa shape index (κ2) is 5.71. The Balaban J connectivity index is 1.86. The van der Waals surface area contributed by atoms with Crippen molar-refractivity contribution in [1.82, 2.24) is 4.90 Å². The number of rotatable bonds is 1. The Morgan fingerprint density at radius 2 is 2.00 bits per heavy atom. The first-order chi connectivity index (χ1) is 12.1. The van der Waals surface area contributed by atoms with Crippen LogP contribution in [0.5, 0.6) is 5.75 Å². The molecule has 0 N–H and O–H groups in total. The van der Waals surface area contributed by atoms with Gasteiger partial charge in [-0.2, -0.15) is 0 Å². The predicted molar refractivity (Wildman–Crippen MR) is 99.7 cm³/mol. The molecule has 0 bridgehead atoms. The van der Waals surface area contributed by atoms with E-state index in [0.29, 0.717) is 40.4 Å². The fourth-order valence-corrected chi connectivity index (χ4v) is 6.30. The van der Waals surface area contributed by atoms with Crippen LogP contribution in [0.25, 0.3) is 11.0 Å². The van der Waals surface area contributed by atoms with Gasteiger partial charge in [0, 0.05) is 23.0 Å². The van der Waals surface area contributed by atoms with Crippen LogP contribution in [0.2, 0.25) is 5.02 Å². The normalized spacial score (nSPS) is 25.2. The van der Waals surface area contributed by atoms with E-state index in [1.54, 1.807) is 13.0 Å². The molecule has 0 amide bonds. The maximum atomic E-state index is 12.2. The standard InChI is InChI=1S/C18H20ClNO5S/c1-10-11(2)17(21)25-15-12(10)6-14(19)16-13(15)7-20(9-24-16)18(3)4-5-26(22,23)8-18/h6H,4-5,7-9H2,1-3H3/t18-/m1/s1. The van der Waals surface area contributed by atoms with E-state index in [4.69, 9.17) is 20.8 Å². The second-order valence-corrected chi connectivity index (χ2v) is 10.1. The van der Waals surface area contributed by atoms with E-state index >= 15 is 0 Å². The fourth-order valence-electron chi connectivity index (χ4n) is 3.86. The van der Waals surface area contributed by atoms with Gasteiger partial charge >= 0.3 is 5.63 Å². The molecule has 26 heavy (non-hydrogen) atoms. The largest absolute Gasteiger partial charge is 0.476 e. The molecule has 0 spiro atoms. The van der Waals surface area contributed by atoms with Gasteiger partial charge in [0.25, 0.3) is 0 Å². The Morgan fingerprint density at radius 1 is 1.27 bits per heavy atom. The van der Waals surface area contributed by atoms with Crippen LogP contribution < -0.4 is 10.4 Å². The van der Waals surface area contributed by atoms with Gasteiger partial charge in [0.1, 0.15) is 18.1 Å². The van der Waals surface area contributed by atoms with Crippen LogP contribution in [0.15, 0.2) is 15.3 Å². The van der Waals surface area contributed by atoms with Crippen molar-refractivity contribution in [1.29, 1.82) is 0 Å². The van der Waals surface area contributed by atoms with Crippen LogP contribution in [-0.4, -0.2) is 37.1 Å². The Morgan fingerprint density at radius 3 is 2.65 bits per heavy atom. The van der Waals surface area contributed by atoms with Crippen molar-refractivity contribution in [2.75, 3.05) is 18.2 Å². The van der Waals surface area contributed by atoms with Crippen molar-refractivity contribution in [3.63, 3.8) is 0 Å². The summed E-state index contributed by atoms with van der Waals surface area (Å²) in [6, 6.07) is 1.76. The molecule has 1 aromatic carbocycles. The topological polar surface area (TPSA) is 76.8 Å². The van der Waals surface area contributed by atoms with Crippen molar-refractivity contribution in [3.8, 4) is 5.75 Å². The minimum Gasteiger partial charge on any atom is -0.476 e. The van der Waals surface area contributed by atoms with Crippen molar-refractivity contribution < 1.29 is 17.6 Å². The van der Waals surface area contributed by atoms with E-state index in [1.807, 2.05) is 18.7 Å². The molecule has 4 rings (SSSR count). The van der Waals surface area contributed by atoms with Crippen molar-refractivity contribution in [2.45, 2.75) is 39.3 Å². The maximum Gasteiger partial charge on any atom is 0.339 e. The average Bonchev–Trinajstić information content (AvgIpc) is 2.88. The smallest absolute Gasteiger partial charge is 0.339 e. The molecule has 3 heterocycles. The lowest BCUT2D eigenvalue weighted by atomic mass is 9.96. The van der Waals surface area contributed by atoms with E-state index in [9.17, 15) is 13.2 Å². The van der Waals surface area contributed by atoms with Crippen LogP contribution in [0.3, 0.4) is 0 Å². The zero-order valence-electron chi connectivity index (χ0n) is 14.9. The van der Waals surface area contributed by atoms with Crippen LogP contribution in [0.1, 0.15) is 30.0 Å². The Labute approximate surface area is 156 Å². The highest BCUT2D eigenvalue weighted by atomic mass is 35.5. The summed E-state index contributed by atoms with van der Waals surface area (Å²) in [4.78, 5) is 14.2.